The summed E-state index contributed by atoms with van der Waals surface area (Å²) in [4.78, 5) is 2.27. The van der Waals surface area contributed by atoms with Gasteiger partial charge in [0, 0.05) is 19.7 Å². The van der Waals surface area contributed by atoms with E-state index in [0.29, 0.717) is 18.2 Å². The van der Waals surface area contributed by atoms with E-state index in [0.717, 1.165) is 32.7 Å². The summed E-state index contributed by atoms with van der Waals surface area (Å²) >= 11 is 0. The van der Waals surface area contributed by atoms with Gasteiger partial charge >= 0.3 is 0 Å². The fourth-order valence-corrected chi connectivity index (χ4v) is 2.81. The lowest BCUT2D eigenvalue weighted by molar-refractivity contribution is 0.0301. The van der Waals surface area contributed by atoms with Crippen LogP contribution in [0.1, 0.15) is 19.8 Å². The summed E-state index contributed by atoms with van der Waals surface area (Å²) < 4.78 is 23.8. The molecule has 2 rings (SSSR count). The summed E-state index contributed by atoms with van der Waals surface area (Å²) in [5, 5.41) is 10.1. The topological polar surface area (TPSA) is 41.9 Å². The molecule has 0 saturated carbocycles. The van der Waals surface area contributed by atoms with Crippen LogP contribution < -0.4 is 4.74 Å². The molecule has 1 aliphatic heterocycles. The second-order valence-corrected chi connectivity index (χ2v) is 5.85. The third kappa shape index (κ3) is 5.91. The number of hydrogen-bond donors (Lipinski definition) is 1. The first-order valence-corrected chi connectivity index (χ1v) is 8.04. The number of hydrogen-bond acceptors (Lipinski definition) is 4. The number of benzene rings is 1. The van der Waals surface area contributed by atoms with E-state index in [1.54, 1.807) is 12.1 Å². The largest absolute Gasteiger partial charge is 0.491 e. The minimum absolute atomic E-state index is 0.220. The molecule has 1 N–H and O–H groups in total. The summed E-state index contributed by atoms with van der Waals surface area (Å²) in [5.74, 6) is 0.841. The van der Waals surface area contributed by atoms with Crippen LogP contribution in [0.25, 0.3) is 0 Å². The fourth-order valence-electron chi connectivity index (χ4n) is 2.81. The zero-order chi connectivity index (χ0) is 15.8. The Balaban J connectivity index is 1.69. The highest BCUT2D eigenvalue weighted by atomic mass is 19.1. The van der Waals surface area contributed by atoms with Gasteiger partial charge in [0.1, 0.15) is 24.3 Å². The van der Waals surface area contributed by atoms with Gasteiger partial charge in [-0.05, 0) is 56.5 Å². The average Bonchev–Trinajstić information content (AvgIpc) is 2.53. The molecule has 0 aliphatic carbocycles. The SMILES string of the molecule is CCOCC1CCCN(CC(O)COc2ccc(F)cc2)C1. The zero-order valence-corrected chi connectivity index (χ0v) is 13.2. The molecule has 4 nitrogen and oxygen atoms in total. The highest BCUT2D eigenvalue weighted by Crippen LogP contribution is 2.17. The number of ether oxygens (including phenoxy) is 2. The van der Waals surface area contributed by atoms with Crippen LogP contribution >= 0.6 is 0 Å². The number of piperidine rings is 1. The van der Waals surface area contributed by atoms with Gasteiger partial charge in [-0.1, -0.05) is 0 Å². The maximum Gasteiger partial charge on any atom is 0.123 e. The van der Waals surface area contributed by atoms with Crippen molar-refractivity contribution in [3.63, 3.8) is 0 Å². The van der Waals surface area contributed by atoms with Gasteiger partial charge in [0.2, 0.25) is 0 Å². The van der Waals surface area contributed by atoms with Crippen molar-refractivity contribution in [3.8, 4) is 5.75 Å². The normalized spacial score (nSPS) is 20.8. The fraction of sp³-hybridized carbons (Fsp3) is 0.647. The van der Waals surface area contributed by atoms with Gasteiger partial charge in [0.25, 0.3) is 0 Å². The molecule has 5 heteroatoms. The molecule has 2 atom stereocenters. The van der Waals surface area contributed by atoms with Crippen molar-refractivity contribution in [2.24, 2.45) is 5.92 Å². The summed E-state index contributed by atoms with van der Waals surface area (Å²) in [5.41, 5.74) is 0. The number of aliphatic hydroxyl groups excluding tert-OH is 1. The lowest BCUT2D eigenvalue weighted by Crippen LogP contribution is -2.42. The average molecular weight is 311 g/mol. The van der Waals surface area contributed by atoms with Crippen LogP contribution in [0.3, 0.4) is 0 Å². The molecule has 1 aromatic rings. The van der Waals surface area contributed by atoms with Crippen LogP contribution in [0, 0.1) is 11.7 Å². The molecule has 0 spiro atoms. The molecule has 22 heavy (non-hydrogen) atoms. The first kappa shape index (κ1) is 17.2. The molecule has 1 fully saturated rings. The van der Waals surface area contributed by atoms with Gasteiger partial charge in [-0.25, -0.2) is 4.39 Å². The van der Waals surface area contributed by atoms with Crippen LogP contribution in [0.15, 0.2) is 24.3 Å². The lowest BCUT2D eigenvalue weighted by Gasteiger charge is -2.33. The van der Waals surface area contributed by atoms with E-state index in [1.807, 2.05) is 6.92 Å². The molecule has 1 heterocycles. The van der Waals surface area contributed by atoms with E-state index in [4.69, 9.17) is 9.47 Å². The second kappa shape index (κ2) is 9.08. The van der Waals surface area contributed by atoms with Crippen molar-refractivity contribution in [1.29, 1.82) is 0 Å². The summed E-state index contributed by atoms with van der Waals surface area (Å²) in [6.45, 7) is 6.36. The Morgan fingerprint density at radius 1 is 1.36 bits per heavy atom. The molecule has 124 valence electrons. The quantitative estimate of drug-likeness (QED) is 0.800. The molecule has 1 saturated heterocycles. The molecule has 1 aromatic carbocycles. The number of rotatable bonds is 8. The van der Waals surface area contributed by atoms with E-state index < -0.39 is 6.10 Å². The third-order valence-electron chi connectivity index (χ3n) is 3.89. The first-order valence-electron chi connectivity index (χ1n) is 8.04. The Bertz CT molecular complexity index is 426. The van der Waals surface area contributed by atoms with E-state index >= 15 is 0 Å². The van der Waals surface area contributed by atoms with Gasteiger partial charge in [0.15, 0.2) is 0 Å². The number of likely N-dealkylation sites (tertiary alicyclic amines) is 1. The summed E-state index contributed by atoms with van der Waals surface area (Å²) in [6.07, 6.45) is 1.79. The van der Waals surface area contributed by atoms with Crippen molar-refractivity contribution < 1.29 is 19.0 Å². The highest BCUT2D eigenvalue weighted by Gasteiger charge is 2.22. The Morgan fingerprint density at radius 3 is 2.86 bits per heavy atom. The van der Waals surface area contributed by atoms with Crippen molar-refractivity contribution in [2.75, 3.05) is 39.5 Å². The van der Waals surface area contributed by atoms with E-state index in [1.165, 1.54) is 18.6 Å². The van der Waals surface area contributed by atoms with Crippen molar-refractivity contribution in [1.82, 2.24) is 4.90 Å². The molecule has 1 aliphatic rings. The monoisotopic (exact) mass is 311 g/mol. The standard InChI is InChI=1S/C17H26FNO3/c1-2-21-12-14-4-3-9-19(10-14)11-16(20)13-22-17-7-5-15(18)6-8-17/h5-8,14,16,20H,2-4,9-13H2,1H3. The van der Waals surface area contributed by atoms with Gasteiger partial charge in [-0.2, -0.15) is 0 Å². The Kier molecular flexibility index (Phi) is 7.09. The highest BCUT2D eigenvalue weighted by molar-refractivity contribution is 5.22. The Hall–Kier alpha value is -1.17. The number of aliphatic hydroxyl groups is 1. The minimum atomic E-state index is -0.545. The van der Waals surface area contributed by atoms with Crippen LogP contribution in [-0.2, 0) is 4.74 Å². The molecule has 0 radical (unpaired) electrons. The molecular formula is C17H26FNO3. The van der Waals surface area contributed by atoms with Crippen LogP contribution in [0.4, 0.5) is 4.39 Å². The van der Waals surface area contributed by atoms with E-state index in [-0.39, 0.29) is 12.4 Å². The van der Waals surface area contributed by atoms with Gasteiger partial charge in [0.05, 0.1) is 6.61 Å². The predicted octanol–water partition coefficient (Wildman–Crippen LogP) is 2.31. The number of β-amino-alcohol motifs (C(OH)–C–C–N with tert-alkyl or cyclic N) is 1. The van der Waals surface area contributed by atoms with Gasteiger partial charge in [-0.15, -0.1) is 0 Å². The summed E-state index contributed by atoms with van der Waals surface area (Å²) in [6, 6.07) is 5.84. The number of halogens is 1. The molecule has 0 amide bonds. The predicted molar refractivity (Wildman–Crippen MR) is 83.6 cm³/mol. The molecular weight excluding hydrogens is 285 g/mol. The van der Waals surface area contributed by atoms with Gasteiger partial charge < -0.3 is 19.5 Å². The maximum absolute atomic E-state index is 12.8. The second-order valence-electron chi connectivity index (χ2n) is 5.85. The van der Waals surface area contributed by atoms with Crippen LogP contribution in [-0.4, -0.2) is 55.6 Å². The molecule has 0 bridgehead atoms. The minimum Gasteiger partial charge on any atom is -0.491 e. The number of nitrogens with zero attached hydrogens (tertiary/aromatic N) is 1. The maximum atomic E-state index is 12.8. The van der Waals surface area contributed by atoms with E-state index in [9.17, 15) is 9.50 Å². The Morgan fingerprint density at radius 2 is 2.14 bits per heavy atom. The van der Waals surface area contributed by atoms with Crippen molar-refractivity contribution >= 4 is 0 Å². The van der Waals surface area contributed by atoms with Crippen LogP contribution in [0.5, 0.6) is 5.75 Å². The van der Waals surface area contributed by atoms with Crippen molar-refractivity contribution in [2.45, 2.75) is 25.9 Å². The first-order chi connectivity index (χ1) is 10.7. The van der Waals surface area contributed by atoms with Gasteiger partial charge in [-0.3, -0.25) is 0 Å². The zero-order valence-electron chi connectivity index (χ0n) is 13.2. The third-order valence-corrected chi connectivity index (χ3v) is 3.89. The summed E-state index contributed by atoms with van der Waals surface area (Å²) in [7, 11) is 0. The van der Waals surface area contributed by atoms with E-state index in [2.05, 4.69) is 4.90 Å². The van der Waals surface area contributed by atoms with Crippen molar-refractivity contribution in [3.05, 3.63) is 30.1 Å². The smallest absolute Gasteiger partial charge is 0.123 e. The Labute approximate surface area is 131 Å². The molecule has 2 unspecified atom stereocenters. The van der Waals surface area contributed by atoms with Crippen LogP contribution in [0.2, 0.25) is 0 Å². The molecule has 0 aromatic heterocycles. The lowest BCUT2D eigenvalue weighted by atomic mass is 9.99.